The van der Waals surface area contributed by atoms with E-state index in [0.717, 1.165) is 0 Å². The summed E-state index contributed by atoms with van der Waals surface area (Å²) in [7, 11) is 3.32. The normalized spacial score (nSPS) is 12.3. The van der Waals surface area contributed by atoms with Crippen LogP contribution < -0.4 is 0 Å². The summed E-state index contributed by atoms with van der Waals surface area (Å²) in [5, 5.41) is 9.20. The van der Waals surface area contributed by atoms with Crippen molar-refractivity contribution >= 4 is 5.91 Å². The molecule has 1 atom stereocenters. The first kappa shape index (κ1) is 11.7. The Balaban J connectivity index is 2.85. The van der Waals surface area contributed by atoms with Gasteiger partial charge < -0.3 is 10.0 Å². The summed E-state index contributed by atoms with van der Waals surface area (Å²) >= 11 is 0. The summed E-state index contributed by atoms with van der Waals surface area (Å²) in [6.45, 7) is -0.818. The number of aliphatic hydroxyl groups excluding tert-OH is 1. The third-order valence-electron chi connectivity index (χ3n) is 2.09. The number of benzene rings is 1. The van der Waals surface area contributed by atoms with Gasteiger partial charge in [0.05, 0.1) is 0 Å². The highest BCUT2D eigenvalue weighted by atomic mass is 19.1. The maximum absolute atomic E-state index is 12.1. The van der Waals surface area contributed by atoms with E-state index in [1.54, 1.807) is 38.4 Å². The van der Waals surface area contributed by atoms with Crippen LogP contribution in [0.2, 0.25) is 0 Å². The average molecular weight is 211 g/mol. The average Bonchev–Trinajstić information content (AvgIpc) is 2.27. The number of aliphatic hydroxyl groups is 1. The standard InChI is InChI=1S/C11H14FNO2/c1-13(2)11(15)9-5-3-8(4-6-9)10(14)7-12/h3-6,10,14H,7H2,1-2H3. The quantitative estimate of drug-likeness (QED) is 0.820. The predicted octanol–water partition coefficient (Wildman–Crippen LogP) is 1.39. The second-order valence-electron chi connectivity index (χ2n) is 3.49. The summed E-state index contributed by atoms with van der Waals surface area (Å²) in [5.74, 6) is -0.115. The van der Waals surface area contributed by atoms with Gasteiger partial charge in [0.2, 0.25) is 0 Å². The number of halogens is 1. The Labute approximate surface area is 88.1 Å². The van der Waals surface area contributed by atoms with Crippen molar-refractivity contribution in [3.05, 3.63) is 35.4 Å². The van der Waals surface area contributed by atoms with Crippen molar-refractivity contribution in [3.8, 4) is 0 Å². The molecule has 1 N–H and O–H groups in total. The Kier molecular flexibility index (Phi) is 3.80. The minimum atomic E-state index is -1.10. The first-order valence-corrected chi connectivity index (χ1v) is 4.62. The van der Waals surface area contributed by atoms with Crippen LogP contribution in [-0.2, 0) is 0 Å². The fourth-order valence-electron chi connectivity index (χ4n) is 1.20. The van der Waals surface area contributed by atoms with E-state index in [2.05, 4.69) is 0 Å². The van der Waals surface area contributed by atoms with E-state index in [0.29, 0.717) is 11.1 Å². The molecule has 0 aliphatic rings. The molecule has 1 aromatic rings. The van der Waals surface area contributed by atoms with Crippen molar-refractivity contribution in [1.29, 1.82) is 0 Å². The zero-order valence-electron chi connectivity index (χ0n) is 8.77. The number of alkyl halides is 1. The Morgan fingerprint density at radius 3 is 2.33 bits per heavy atom. The number of hydrogen-bond donors (Lipinski definition) is 1. The van der Waals surface area contributed by atoms with Gasteiger partial charge in [0.15, 0.2) is 0 Å². The highest BCUT2D eigenvalue weighted by molar-refractivity contribution is 5.93. The molecule has 0 radical (unpaired) electrons. The minimum Gasteiger partial charge on any atom is -0.386 e. The fourth-order valence-corrected chi connectivity index (χ4v) is 1.20. The molecule has 15 heavy (non-hydrogen) atoms. The van der Waals surface area contributed by atoms with Crippen LogP contribution in [0.4, 0.5) is 4.39 Å². The SMILES string of the molecule is CN(C)C(=O)c1ccc(C(O)CF)cc1. The van der Waals surface area contributed by atoms with Gasteiger partial charge in [-0.25, -0.2) is 4.39 Å². The Bertz CT molecular complexity index is 335. The van der Waals surface area contributed by atoms with E-state index in [9.17, 15) is 14.3 Å². The van der Waals surface area contributed by atoms with Crippen molar-refractivity contribution in [1.82, 2.24) is 4.90 Å². The first-order valence-electron chi connectivity index (χ1n) is 4.62. The number of carbonyl (C=O) groups excluding carboxylic acids is 1. The molecule has 1 rings (SSSR count). The molecular formula is C11H14FNO2. The second kappa shape index (κ2) is 4.89. The van der Waals surface area contributed by atoms with Crippen molar-refractivity contribution in [2.24, 2.45) is 0 Å². The van der Waals surface area contributed by atoms with Crippen LogP contribution in [0.25, 0.3) is 0 Å². The summed E-state index contributed by atoms with van der Waals surface area (Å²) < 4.78 is 12.1. The third-order valence-corrected chi connectivity index (χ3v) is 2.09. The molecule has 0 heterocycles. The lowest BCUT2D eigenvalue weighted by molar-refractivity contribution is 0.0827. The maximum Gasteiger partial charge on any atom is 0.253 e. The molecule has 1 amide bonds. The maximum atomic E-state index is 12.1. The zero-order chi connectivity index (χ0) is 11.4. The van der Waals surface area contributed by atoms with Crippen molar-refractivity contribution < 1.29 is 14.3 Å². The zero-order valence-corrected chi connectivity index (χ0v) is 8.77. The van der Waals surface area contributed by atoms with Gasteiger partial charge in [-0.15, -0.1) is 0 Å². The van der Waals surface area contributed by atoms with Crippen LogP contribution in [0.1, 0.15) is 22.0 Å². The molecule has 0 saturated heterocycles. The summed E-state index contributed by atoms with van der Waals surface area (Å²) in [6, 6.07) is 6.27. The van der Waals surface area contributed by atoms with Gasteiger partial charge in [0.1, 0.15) is 12.8 Å². The molecule has 82 valence electrons. The highest BCUT2D eigenvalue weighted by Crippen LogP contribution is 2.14. The number of nitrogens with zero attached hydrogens (tertiary/aromatic N) is 1. The predicted molar refractivity (Wildman–Crippen MR) is 55.4 cm³/mol. The fraction of sp³-hybridized carbons (Fsp3) is 0.364. The lowest BCUT2D eigenvalue weighted by atomic mass is 10.1. The summed E-state index contributed by atoms with van der Waals surface area (Å²) in [5.41, 5.74) is 1.00. The molecule has 3 nitrogen and oxygen atoms in total. The van der Waals surface area contributed by atoms with Gasteiger partial charge in [-0.1, -0.05) is 12.1 Å². The molecule has 0 aliphatic carbocycles. The van der Waals surface area contributed by atoms with Gasteiger partial charge in [0, 0.05) is 19.7 Å². The van der Waals surface area contributed by atoms with E-state index in [1.807, 2.05) is 0 Å². The van der Waals surface area contributed by atoms with Crippen LogP contribution in [-0.4, -0.2) is 36.7 Å². The Morgan fingerprint density at radius 2 is 1.93 bits per heavy atom. The molecule has 0 aliphatic heterocycles. The van der Waals surface area contributed by atoms with Gasteiger partial charge in [0.25, 0.3) is 5.91 Å². The molecule has 0 fully saturated rings. The van der Waals surface area contributed by atoms with Crippen LogP contribution in [0.3, 0.4) is 0 Å². The third kappa shape index (κ3) is 2.76. The number of rotatable bonds is 3. The molecule has 0 aromatic heterocycles. The van der Waals surface area contributed by atoms with E-state index in [4.69, 9.17) is 0 Å². The largest absolute Gasteiger partial charge is 0.386 e. The van der Waals surface area contributed by atoms with Gasteiger partial charge in [-0.2, -0.15) is 0 Å². The van der Waals surface area contributed by atoms with Crippen LogP contribution in [0.5, 0.6) is 0 Å². The number of amides is 1. The Morgan fingerprint density at radius 1 is 1.40 bits per heavy atom. The first-order chi connectivity index (χ1) is 7.06. The minimum absolute atomic E-state index is 0.115. The van der Waals surface area contributed by atoms with Crippen LogP contribution in [0, 0.1) is 0 Å². The van der Waals surface area contributed by atoms with E-state index >= 15 is 0 Å². The van der Waals surface area contributed by atoms with E-state index in [1.165, 1.54) is 4.90 Å². The molecule has 0 saturated carbocycles. The van der Waals surface area contributed by atoms with Crippen LogP contribution in [0.15, 0.2) is 24.3 Å². The number of carbonyl (C=O) groups is 1. The van der Waals surface area contributed by atoms with Gasteiger partial charge in [-0.3, -0.25) is 4.79 Å². The number of hydrogen-bond acceptors (Lipinski definition) is 2. The smallest absolute Gasteiger partial charge is 0.253 e. The summed E-state index contributed by atoms with van der Waals surface area (Å²) in [4.78, 5) is 12.9. The molecular weight excluding hydrogens is 197 g/mol. The van der Waals surface area contributed by atoms with Crippen molar-refractivity contribution in [2.75, 3.05) is 20.8 Å². The van der Waals surface area contributed by atoms with E-state index < -0.39 is 12.8 Å². The Hall–Kier alpha value is -1.42. The lowest BCUT2D eigenvalue weighted by Gasteiger charge is -2.11. The highest BCUT2D eigenvalue weighted by Gasteiger charge is 2.10. The van der Waals surface area contributed by atoms with E-state index in [-0.39, 0.29) is 5.91 Å². The summed E-state index contributed by atoms with van der Waals surface area (Å²) in [6.07, 6.45) is -1.10. The van der Waals surface area contributed by atoms with Crippen molar-refractivity contribution in [3.63, 3.8) is 0 Å². The molecule has 0 spiro atoms. The van der Waals surface area contributed by atoms with Gasteiger partial charge >= 0.3 is 0 Å². The van der Waals surface area contributed by atoms with Crippen molar-refractivity contribution in [2.45, 2.75) is 6.10 Å². The second-order valence-corrected chi connectivity index (χ2v) is 3.49. The molecule has 1 aromatic carbocycles. The topological polar surface area (TPSA) is 40.5 Å². The molecule has 1 unspecified atom stereocenters. The van der Waals surface area contributed by atoms with Crippen LogP contribution >= 0.6 is 0 Å². The lowest BCUT2D eigenvalue weighted by Crippen LogP contribution is -2.21. The van der Waals surface area contributed by atoms with Gasteiger partial charge in [-0.05, 0) is 17.7 Å². The monoisotopic (exact) mass is 211 g/mol. The molecule has 4 heteroatoms. The molecule has 0 bridgehead atoms.